The van der Waals surface area contributed by atoms with Crippen LogP contribution in [-0.4, -0.2) is 6.71 Å². The fourth-order valence-electron chi connectivity index (χ4n) is 3.00. The van der Waals surface area contributed by atoms with Crippen LogP contribution in [0.15, 0.2) is 42.5 Å². The third kappa shape index (κ3) is 1.71. The molecule has 1 heterocycles. The average molecular weight is 232 g/mol. The summed E-state index contributed by atoms with van der Waals surface area (Å²) in [4.78, 5) is 0. The quantitative estimate of drug-likeness (QED) is 0.663. The SMILES string of the molecule is CCB1c2ccccc2C=Cc2c(C)cccc21. The number of hydrogen-bond acceptors (Lipinski definition) is 0. The molecule has 88 valence electrons. The van der Waals surface area contributed by atoms with Gasteiger partial charge in [-0.25, -0.2) is 0 Å². The van der Waals surface area contributed by atoms with E-state index in [2.05, 4.69) is 68.5 Å². The van der Waals surface area contributed by atoms with Crippen molar-refractivity contribution >= 4 is 29.8 Å². The average Bonchev–Trinajstić information content (AvgIpc) is 2.56. The normalized spacial score (nSPS) is 12.9. The van der Waals surface area contributed by atoms with E-state index in [9.17, 15) is 0 Å². The Morgan fingerprint density at radius 3 is 2.50 bits per heavy atom. The summed E-state index contributed by atoms with van der Waals surface area (Å²) in [5, 5.41) is 0. The number of fused-ring (bicyclic) bond motifs is 2. The summed E-state index contributed by atoms with van der Waals surface area (Å²) >= 11 is 0. The summed E-state index contributed by atoms with van der Waals surface area (Å²) in [6.07, 6.45) is 5.69. The third-order valence-corrected chi connectivity index (χ3v) is 3.94. The van der Waals surface area contributed by atoms with Crippen molar-refractivity contribution in [1.82, 2.24) is 0 Å². The van der Waals surface area contributed by atoms with Gasteiger partial charge in [-0.05, 0) is 23.6 Å². The highest BCUT2D eigenvalue weighted by Crippen LogP contribution is 2.16. The van der Waals surface area contributed by atoms with Crippen LogP contribution in [0.25, 0.3) is 12.2 Å². The Kier molecular flexibility index (Phi) is 2.83. The Morgan fingerprint density at radius 1 is 0.889 bits per heavy atom. The van der Waals surface area contributed by atoms with E-state index in [4.69, 9.17) is 0 Å². The molecule has 0 amide bonds. The van der Waals surface area contributed by atoms with Gasteiger partial charge in [0.05, 0.1) is 0 Å². The minimum atomic E-state index is 0.520. The molecule has 0 aliphatic carbocycles. The van der Waals surface area contributed by atoms with E-state index in [1.54, 1.807) is 0 Å². The molecular formula is C17H17B. The summed E-state index contributed by atoms with van der Waals surface area (Å²) < 4.78 is 0. The molecule has 2 aromatic carbocycles. The molecule has 0 aromatic heterocycles. The minimum absolute atomic E-state index is 0.520. The topological polar surface area (TPSA) is 0 Å². The molecular weight excluding hydrogens is 215 g/mol. The van der Waals surface area contributed by atoms with Gasteiger partial charge in [0, 0.05) is 0 Å². The van der Waals surface area contributed by atoms with Gasteiger partial charge in [0.2, 0.25) is 6.71 Å². The Labute approximate surface area is 109 Å². The summed E-state index contributed by atoms with van der Waals surface area (Å²) in [5.41, 5.74) is 7.06. The Balaban J connectivity index is 2.28. The van der Waals surface area contributed by atoms with Crippen LogP contribution in [0.3, 0.4) is 0 Å². The summed E-state index contributed by atoms with van der Waals surface area (Å²) in [7, 11) is 0. The van der Waals surface area contributed by atoms with Crippen molar-refractivity contribution in [2.75, 3.05) is 0 Å². The molecule has 1 aliphatic heterocycles. The van der Waals surface area contributed by atoms with Crippen molar-refractivity contribution < 1.29 is 0 Å². The van der Waals surface area contributed by atoms with Gasteiger partial charge in [-0.2, -0.15) is 0 Å². The van der Waals surface area contributed by atoms with Crippen molar-refractivity contribution in [2.24, 2.45) is 0 Å². The smallest absolute Gasteiger partial charge is 0.0712 e. The fraction of sp³-hybridized carbons (Fsp3) is 0.176. The van der Waals surface area contributed by atoms with E-state index in [1.807, 2.05) is 0 Å². The summed E-state index contributed by atoms with van der Waals surface area (Å²) in [5.74, 6) is 0. The highest BCUT2D eigenvalue weighted by Gasteiger charge is 2.23. The van der Waals surface area contributed by atoms with E-state index >= 15 is 0 Å². The summed E-state index contributed by atoms with van der Waals surface area (Å²) in [6.45, 7) is 5.00. The second-order valence-electron chi connectivity index (χ2n) is 5.00. The van der Waals surface area contributed by atoms with Crippen molar-refractivity contribution in [3.8, 4) is 0 Å². The maximum absolute atomic E-state index is 2.28. The third-order valence-electron chi connectivity index (χ3n) is 3.94. The van der Waals surface area contributed by atoms with E-state index in [1.165, 1.54) is 27.6 Å². The zero-order valence-corrected chi connectivity index (χ0v) is 11.0. The molecule has 0 fully saturated rings. The first-order valence-corrected chi connectivity index (χ1v) is 6.67. The van der Waals surface area contributed by atoms with Crippen LogP contribution in [0, 0.1) is 6.92 Å². The van der Waals surface area contributed by atoms with Crippen molar-refractivity contribution in [3.63, 3.8) is 0 Å². The lowest BCUT2D eigenvalue weighted by molar-refractivity contribution is 1.42. The molecule has 0 N–H and O–H groups in total. The lowest BCUT2D eigenvalue weighted by atomic mass is 9.38. The number of rotatable bonds is 1. The lowest BCUT2D eigenvalue weighted by Crippen LogP contribution is -2.43. The molecule has 0 spiro atoms. The van der Waals surface area contributed by atoms with Gasteiger partial charge in [0.15, 0.2) is 0 Å². The van der Waals surface area contributed by atoms with Crippen molar-refractivity contribution in [3.05, 3.63) is 59.2 Å². The van der Waals surface area contributed by atoms with E-state index in [-0.39, 0.29) is 0 Å². The maximum Gasteiger partial charge on any atom is 0.210 e. The Morgan fingerprint density at radius 2 is 1.67 bits per heavy atom. The van der Waals surface area contributed by atoms with Crippen LogP contribution in [0.4, 0.5) is 0 Å². The van der Waals surface area contributed by atoms with Gasteiger partial charge in [-0.1, -0.05) is 78.8 Å². The monoisotopic (exact) mass is 232 g/mol. The van der Waals surface area contributed by atoms with Gasteiger partial charge >= 0.3 is 0 Å². The van der Waals surface area contributed by atoms with Gasteiger partial charge < -0.3 is 0 Å². The molecule has 0 saturated heterocycles. The standard InChI is InChI=1S/C17H17B/c1-3-18-16-9-5-4-8-14(16)11-12-15-13(2)7-6-10-17(15)18/h4-12H,3H2,1-2H3. The lowest BCUT2D eigenvalue weighted by Gasteiger charge is -2.16. The maximum atomic E-state index is 2.28. The van der Waals surface area contributed by atoms with E-state index in [0.717, 1.165) is 6.32 Å². The van der Waals surface area contributed by atoms with Crippen LogP contribution in [0.5, 0.6) is 0 Å². The molecule has 18 heavy (non-hydrogen) atoms. The van der Waals surface area contributed by atoms with Gasteiger partial charge in [-0.15, -0.1) is 0 Å². The van der Waals surface area contributed by atoms with Crippen LogP contribution in [0.2, 0.25) is 6.32 Å². The molecule has 3 rings (SSSR count). The molecule has 1 aliphatic rings. The van der Waals surface area contributed by atoms with Gasteiger partial charge in [0.1, 0.15) is 0 Å². The van der Waals surface area contributed by atoms with E-state index < -0.39 is 0 Å². The molecule has 0 nitrogen and oxygen atoms in total. The molecule has 0 atom stereocenters. The molecule has 1 heteroatoms. The first-order valence-electron chi connectivity index (χ1n) is 6.67. The van der Waals surface area contributed by atoms with Gasteiger partial charge in [0.25, 0.3) is 0 Å². The molecule has 0 unspecified atom stereocenters. The number of hydrogen-bond donors (Lipinski definition) is 0. The number of benzene rings is 2. The Hall–Kier alpha value is -1.76. The van der Waals surface area contributed by atoms with Crippen LogP contribution < -0.4 is 10.9 Å². The van der Waals surface area contributed by atoms with Crippen LogP contribution >= 0.6 is 0 Å². The number of aryl methyl sites for hydroxylation is 1. The summed E-state index contributed by atoms with van der Waals surface area (Å²) in [6, 6.07) is 15.4. The second-order valence-corrected chi connectivity index (χ2v) is 5.00. The first-order chi connectivity index (χ1) is 8.81. The minimum Gasteiger partial charge on any atom is -0.0712 e. The molecule has 0 radical (unpaired) electrons. The predicted octanol–water partition coefficient (Wildman–Crippen LogP) is 3.11. The predicted molar refractivity (Wildman–Crippen MR) is 82.1 cm³/mol. The Bertz CT molecular complexity index is 611. The largest absolute Gasteiger partial charge is 0.210 e. The van der Waals surface area contributed by atoms with Gasteiger partial charge in [-0.3, -0.25) is 0 Å². The van der Waals surface area contributed by atoms with E-state index in [0.29, 0.717) is 6.71 Å². The zero-order valence-electron chi connectivity index (χ0n) is 11.0. The zero-order chi connectivity index (χ0) is 12.5. The highest BCUT2D eigenvalue weighted by molar-refractivity contribution is 6.86. The van der Waals surface area contributed by atoms with Crippen LogP contribution in [-0.2, 0) is 0 Å². The molecule has 2 aromatic rings. The highest BCUT2D eigenvalue weighted by atomic mass is 14.1. The van der Waals surface area contributed by atoms with Crippen molar-refractivity contribution in [2.45, 2.75) is 20.2 Å². The first kappa shape index (κ1) is 11.3. The van der Waals surface area contributed by atoms with Crippen molar-refractivity contribution in [1.29, 1.82) is 0 Å². The molecule has 0 bridgehead atoms. The fourth-order valence-corrected chi connectivity index (χ4v) is 3.00. The van der Waals surface area contributed by atoms with Crippen LogP contribution in [0.1, 0.15) is 23.6 Å². The second kappa shape index (κ2) is 4.49. The molecule has 0 saturated carbocycles.